The van der Waals surface area contributed by atoms with Gasteiger partial charge in [-0.25, -0.2) is 4.99 Å². The maximum absolute atomic E-state index is 5.45. The molecule has 0 fully saturated rings. The van der Waals surface area contributed by atoms with Gasteiger partial charge in [0.2, 0.25) is 0 Å². The molecule has 0 spiro atoms. The van der Waals surface area contributed by atoms with Crippen LogP contribution in [0.25, 0.3) is 0 Å². The molecule has 0 radical (unpaired) electrons. The van der Waals surface area contributed by atoms with E-state index < -0.39 is 0 Å². The Morgan fingerprint density at radius 1 is 1.50 bits per heavy atom. The minimum absolute atomic E-state index is 0.207. The van der Waals surface area contributed by atoms with Crippen LogP contribution in [0.2, 0.25) is 0 Å². The van der Waals surface area contributed by atoms with Crippen LogP contribution in [-0.2, 0) is 6.54 Å². The van der Waals surface area contributed by atoms with E-state index in [4.69, 9.17) is 18.0 Å². The number of aromatic nitrogens is 1. The van der Waals surface area contributed by atoms with Gasteiger partial charge in [-0.15, -0.1) is 0 Å². The van der Waals surface area contributed by atoms with Crippen molar-refractivity contribution in [3.8, 4) is 0 Å². The number of guanidine groups is 1. The number of aliphatic imine (C=N–C) groups is 1. The zero-order valence-corrected chi connectivity index (χ0v) is 11.3. The van der Waals surface area contributed by atoms with Crippen molar-refractivity contribution < 1.29 is 0 Å². The molecule has 4 N–H and O–H groups in total. The highest BCUT2D eigenvalue weighted by Gasteiger charge is 1.99. The fourth-order valence-electron chi connectivity index (χ4n) is 1.29. The lowest BCUT2D eigenvalue weighted by Crippen LogP contribution is -2.43. The van der Waals surface area contributed by atoms with Crippen LogP contribution in [0.1, 0.15) is 25.5 Å². The Morgan fingerprint density at radius 3 is 2.94 bits per heavy atom. The predicted octanol–water partition coefficient (Wildman–Crippen LogP) is 1.16. The van der Waals surface area contributed by atoms with E-state index in [2.05, 4.69) is 27.5 Å². The summed E-state index contributed by atoms with van der Waals surface area (Å²) in [6.07, 6.45) is 3.94. The van der Waals surface area contributed by atoms with Crippen molar-refractivity contribution in [3.05, 3.63) is 30.1 Å². The molecule has 0 aromatic carbocycles. The van der Waals surface area contributed by atoms with Crippen molar-refractivity contribution in [2.75, 3.05) is 6.54 Å². The van der Waals surface area contributed by atoms with Crippen molar-refractivity contribution in [1.29, 1.82) is 0 Å². The molecular weight excluding hydrogens is 246 g/mol. The van der Waals surface area contributed by atoms with Gasteiger partial charge in [-0.05, 0) is 30.8 Å². The van der Waals surface area contributed by atoms with E-state index in [0.29, 0.717) is 12.5 Å². The Bertz CT molecular complexity index is 391. The Hall–Kier alpha value is -1.69. The first-order chi connectivity index (χ1) is 8.72. The number of hydrogen-bond donors (Lipinski definition) is 3. The molecule has 0 unspecified atom stereocenters. The monoisotopic (exact) mass is 265 g/mol. The number of nitrogens with zero attached hydrogens (tertiary/aromatic N) is 2. The first kappa shape index (κ1) is 14.4. The largest absolute Gasteiger partial charge is 0.376 e. The fraction of sp³-hybridized carbons (Fsp3) is 0.417. The molecule has 1 aromatic rings. The minimum Gasteiger partial charge on any atom is -0.376 e. The molecule has 0 saturated heterocycles. The van der Waals surface area contributed by atoms with Crippen molar-refractivity contribution >= 4 is 23.3 Å². The highest BCUT2D eigenvalue weighted by Crippen LogP contribution is 1.95. The van der Waals surface area contributed by atoms with E-state index in [1.54, 1.807) is 6.20 Å². The molecule has 1 heterocycles. The van der Waals surface area contributed by atoms with E-state index in [9.17, 15) is 0 Å². The lowest BCUT2D eigenvalue weighted by molar-refractivity contribution is 0.742. The second kappa shape index (κ2) is 8.41. The molecule has 0 bridgehead atoms. The van der Waals surface area contributed by atoms with Gasteiger partial charge in [0.25, 0.3) is 0 Å². The SMILES string of the molecule is CCCCNC(=NCc1ccccn1)NC(N)=S. The van der Waals surface area contributed by atoms with Crippen LogP contribution in [0.15, 0.2) is 29.4 Å². The highest BCUT2D eigenvalue weighted by molar-refractivity contribution is 7.80. The molecule has 1 aromatic heterocycles. The van der Waals surface area contributed by atoms with E-state index in [1.807, 2.05) is 18.2 Å². The number of rotatable bonds is 5. The highest BCUT2D eigenvalue weighted by atomic mass is 32.1. The maximum atomic E-state index is 5.45. The zero-order valence-electron chi connectivity index (χ0n) is 10.5. The summed E-state index contributed by atoms with van der Waals surface area (Å²) in [6.45, 7) is 3.46. The summed E-state index contributed by atoms with van der Waals surface area (Å²) in [4.78, 5) is 8.57. The molecule has 5 nitrogen and oxygen atoms in total. The van der Waals surface area contributed by atoms with Crippen LogP contribution in [0.4, 0.5) is 0 Å². The van der Waals surface area contributed by atoms with Crippen molar-refractivity contribution in [2.24, 2.45) is 10.7 Å². The lowest BCUT2D eigenvalue weighted by atomic mass is 10.3. The topological polar surface area (TPSA) is 75.3 Å². The summed E-state index contributed by atoms with van der Waals surface area (Å²) in [5.74, 6) is 0.599. The Labute approximate surface area is 113 Å². The summed E-state index contributed by atoms with van der Waals surface area (Å²) in [5.41, 5.74) is 6.35. The molecule has 98 valence electrons. The van der Waals surface area contributed by atoms with Crippen molar-refractivity contribution in [1.82, 2.24) is 15.6 Å². The summed E-state index contributed by atoms with van der Waals surface area (Å²) in [6, 6.07) is 5.73. The standard InChI is InChI=1S/C12H19N5S/c1-2-3-7-15-12(17-11(13)18)16-9-10-6-4-5-8-14-10/h4-6,8H,2-3,7,9H2,1H3,(H4,13,15,16,17,18). The van der Waals surface area contributed by atoms with Crippen LogP contribution >= 0.6 is 12.2 Å². The van der Waals surface area contributed by atoms with Crippen LogP contribution < -0.4 is 16.4 Å². The van der Waals surface area contributed by atoms with Crippen LogP contribution in [-0.4, -0.2) is 22.6 Å². The predicted molar refractivity (Wildman–Crippen MR) is 78.2 cm³/mol. The number of thiocarbonyl (C=S) groups is 1. The second-order valence-corrected chi connectivity index (χ2v) is 4.20. The molecule has 1 rings (SSSR count). The molecule has 0 atom stereocenters. The Morgan fingerprint density at radius 2 is 2.33 bits per heavy atom. The van der Waals surface area contributed by atoms with Crippen LogP contribution in [0.5, 0.6) is 0 Å². The third-order valence-electron chi connectivity index (χ3n) is 2.19. The summed E-state index contributed by atoms with van der Waals surface area (Å²) in [7, 11) is 0. The van der Waals surface area contributed by atoms with Crippen molar-refractivity contribution in [3.63, 3.8) is 0 Å². The van der Waals surface area contributed by atoms with Gasteiger partial charge in [-0.2, -0.15) is 0 Å². The molecule has 0 aliphatic rings. The van der Waals surface area contributed by atoms with Crippen LogP contribution in [0, 0.1) is 0 Å². The quantitative estimate of drug-likeness (QED) is 0.322. The minimum atomic E-state index is 0.207. The number of nitrogens with one attached hydrogen (secondary N) is 2. The van der Waals surface area contributed by atoms with E-state index in [-0.39, 0.29) is 5.11 Å². The zero-order chi connectivity index (χ0) is 13.2. The van der Waals surface area contributed by atoms with Gasteiger partial charge in [-0.1, -0.05) is 19.4 Å². The fourth-order valence-corrected chi connectivity index (χ4v) is 1.39. The summed E-state index contributed by atoms with van der Waals surface area (Å²) < 4.78 is 0. The van der Waals surface area contributed by atoms with Gasteiger partial charge in [0.05, 0.1) is 12.2 Å². The Balaban J connectivity index is 2.55. The number of nitrogens with two attached hydrogens (primary N) is 1. The van der Waals surface area contributed by atoms with Gasteiger partial charge < -0.3 is 16.4 Å². The third kappa shape index (κ3) is 6.15. The Kier molecular flexibility index (Phi) is 6.71. The van der Waals surface area contributed by atoms with Crippen molar-refractivity contribution in [2.45, 2.75) is 26.3 Å². The molecule has 18 heavy (non-hydrogen) atoms. The maximum Gasteiger partial charge on any atom is 0.197 e. The van der Waals surface area contributed by atoms with E-state index in [0.717, 1.165) is 25.1 Å². The molecule has 0 amide bonds. The smallest absolute Gasteiger partial charge is 0.197 e. The third-order valence-corrected chi connectivity index (χ3v) is 2.29. The van der Waals surface area contributed by atoms with Gasteiger partial charge in [0.1, 0.15) is 0 Å². The average molecular weight is 265 g/mol. The first-order valence-corrected chi connectivity index (χ1v) is 6.38. The average Bonchev–Trinajstić information content (AvgIpc) is 2.37. The summed E-state index contributed by atoms with van der Waals surface area (Å²) >= 11 is 4.81. The van der Waals surface area contributed by atoms with E-state index >= 15 is 0 Å². The molecule has 0 aliphatic heterocycles. The molecular formula is C12H19N5S. The number of hydrogen-bond acceptors (Lipinski definition) is 3. The second-order valence-electron chi connectivity index (χ2n) is 3.76. The lowest BCUT2D eigenvalue weighted by Gasteiger charge is -2.10. The molecule has 0 saturated carbocycles. The van der Waals surface area contributed by atoms with Gasteiger partial charge in [-0.3, -0.25) is 4.98 Å². The summed E-state index contributed by atoms with van der Waals surface area (Å²) in [5, 5.41) is 6.20. The van der Waals surface area contributed by atoms with E-state index in [1.165, 1.54) is 0 Å². The first-order valence-electron chi connectivity index (χ1n) is 5.97. The van der Waals surface area contributed by atoms with Gasteiger partial charge >= 0.3 is 0 Å². The van der Waals surface area contributed by atoms with Crippen LogP contribution in [0.3, 0.4) is 0 Å². The number of pyridine rings is 1. The molecule has 6 heteroatoms. The molecule has 0 aliphatic carbocycles. The number of unbranched alkanes of at least 4 members (excludes halogenated alkanes) is 1. The van der Waals surface area contributed by atoms with Gasteiger partial charge in [0.15, 0.2) is 11.1 Å². The van der Waals surface area contributed by atoms with Gasteiger partial charge in [0, 0.05) is 12.7 Å². The normalized spacial score (nSPS) is 11.1.